The average molecular weight is 572 g/mol. The number of imidazole rings is 1. The first-order valence-electron chi connectivity index (χ1n) is 14.2. The predicted molar refractivity (Wildman–Crippen MR) is 163 cm³/mol. The van der Waals surface area contributed by atoms with Crippen molar-refractivity contribution in [2.75, 3.05) is 18.0 Å². The summed E-state index contributed by atoms with van der Waals surface area (Å²) in [7, 11) is 1.62. The molecule has 11 nitrogen and oxygen atoms in total. The van der Waals surface area contributed by atoms with E-state index in [0.717, 1.165) is 29.3 Å². The largest absolute Gasteiger partial charge is 0.444 e. The Morgan fingerprint density at radius 2 is 1.93 bits per heavy atom. The first kappa shape index (κ1) is 28.9. The third kappa shape index (κ3) is 5.75. The van der Waals surface area contributed by atoms with Gasteiger partial charge in [-0.25, -0.2) is 9.59 Å². The van der Waals surface area contributed by atoms with Gasteiger partial charge >= 0.3 is 11.8 Å². The number of aryl methyl sites for hydroxylation is 2. The lowest BCUT2D eigenvalue weighted by molar-refractivity contribution is 0.0499. The summed E-state index contributed by atoms with van der Waals surface area (Å²) in [5.74, 6) is 6.50. The van der Waals surface area contributed by atoms with Gasteiger partial charge in [0.05, 0.1) is 18.8 Å². The lowest BCUT2D eigenvalue weighted by Crippen LogP contribution is -2.49. The molecule has 11 heteroatoms. The third-order valence-electron chi connectivity index (χ3n) is 7.31. The summed E-state index contributed by atoms with van der Waals surface area (Å²) in [5, 5.41) is 4.85. The molecule has 1 atom stereocenters. The fraction of sp³-hybridized carbons (Fsp3) is 0.452. The minimum absolute atomic E-state index is 0.0230. The van der Waals surface area contributed by atoms with E-state index >= 15 is 0 Å². The van der Waals surface area contributed by atoms with E-state index in [4.69, 9.17) is 9.72 Å². The Kier molecular flexibility index (Phi) is 7.82. The smallest absolute Gasteiger partial charge is 0.407 e. The van der Waals surface area contributed by atoms with Crippen LogP contribution in [-0.2, 0) is 24.9 Å². The molecular weight excluding hydrogens is 534 g/mol. The third-order valence-corrected chi connectivity index (χ3v) is 7.31. The van der Waals surface area contributed by atoms with Gasteiger partial charge in [0.1, 0.15) is 5.60 Å². The molecule has 4 aromatic rings. The molecule has 5 rings (SSSR count). The van der Waals surface area contributed by atoms with Crippen LogP contribution in [0.2, 0.25) is 0 Å². The molecule has 1 aliphatic rings. The zero-order valence-corrected chi connectivity index (χ0v) is 25.0. The lowest BCUT2D eigenvalue weighted by Gasteiger charge is -2.34. The standard InChI is InChI=1S/C31H37N7O4/c1-7-8-16-37-25-26(34-28(37)36-15-11-13-22(18-36)33-29(40)42-31(3,4)5)35(6)30(41)38(27(25)39)19-24-23-14-10-9-12-21(23)17-20(2)32-24/h9-10,12,14,17,22H,11,13,15-16,18-19H2,1-6H3,(H,33,40)/t22-/m0/s1. The first-order chi connectivity index (χ1) is 20.0. The zero-order valence-electron chi connectivity index (χ0n) is 25.0. The quantitative estimate of drug-likeness (QED) is 0.366. The molecule has 0 unspecified atom stereocenters. The second-order valence-electron chi connectivity index (χ2n) is 11.7. The van der Waals surface area contributed by atoms with E-state index in [0.29, 0.717) is 35.9 Å². The number of ether oxygens (including phenoxy) is 1. The second-order valence-corrected chi connectivity index (χ2v) is 11.7. The molecule has 1 aliphatic heterocycles. The van der Waals surface area contributed by atoms with E-state index in [2.05, 4.69) is 22.1 Å². The number of hydrogen-bond acceptors (Lipinski definition) is 7. The van der Waals surface area contributed by atoms with Crippen LogP contribution in [0, 0.1) is 18.8 Å². The number of anilines is 1. The van der Waals surface area contributed by atoms with Crippen molar-refractivity contribution in [3.63, 3.8) is 0 Å². The minimum Gasteiger partial charge on any atom is -0.444 e. The molecule has 1 aromatic carbocycles. The number of fused-ring (bicyclic) bond motifs is 2. The van der Waals surface area contributed by atoms with Gasteiger partial charge in [-0.15, -0.1) is 5.92 Å². The number of rotatable bonds is 5. The first-order valence-corrected chi connectivity index (χ1v) is 14.2. The lowest BCUT2D eigenvalue weighted by atomic mass is 10.1. The highest BCUT2D eigenvalue weighted by Gasteiger charge is 2.29. The molecule has 0 bridgehead atoms. The molecule has 0 saturated carbocycles. The van der Waals surface area contributed by atoms with Crippen molar-refractivity contribution in [3.05, 3.63) is 62.6 Å². The topological polar surface area (TPSA) is 116 Å². The normalized spacial score (nSPS) is 15.5. The van der Waals surface area contributed by atoms with Crippen LogP contribution < -0.4 is 21.5 Å². The van der Waals surface area contributed by atoms with Gasteiger partial charge in [-0.05, 0) is 58.9 Å². The molecule has 0 spiro atoms. The predicted octanol–water partition coefficient (Wildman–Crippen LogP) is 3.32. The van der Waals surface area contributed by atoms with Crippen molar-refractivity contribution in [3.8, 4) is 11.8 Å². The number of nitrogens with zero attached hydrogens (tertiary/aromatic N) is 6. The highest BCUT2D eigenvalue weighted by molar-refractivity contribution is 5.85. The van der Waals surface area contributed by atoms with Gasteiger partial charge < -0.3 is 15.0 Å². The van der Waals surface area contributed by atoms with E-state index in [-0.39, 0.29) is 19.1 Å². The van der Waals surface area contributed by atoms with Crippen molar-refractivity contribution in [2.45, 2.75) is 72.2 Å². The van der Waals surface area contributed by atoms with E-state index in [1.54, 1.807) is 18.5 Å². The van der Waals surface area contributed by atoms with E-state index < -0.39 is 22.9 Å². The van der Waals surface area contributed by atoms with Crippen LogP contribution >= 0.6 is 0 Å². The average Bonchev–Trinajstić information content (AvgIpc) is 3.31. The number of benzene rings is 1. The van der Waals surface area contributed by atoms with Crippen LogP contribution in [0.1, 0.15) is 51.9 Å². The Balaban J connectivity index is 1.58. The number of carbonyl (C=O) groups is 1. The molecule has 1 saturated heterocycles. The van der Waals surface area contributed by atoms with Crippen LogP contribution in [0.25, 0.3) is 21.9 Å². The van der Waals surface area contributed by atoms with Crippen molar-refractivity contribution in [1.82, 2.24) is 29.0 Å². The zero-order chi connectivity index (χ0) is 30.2. The number of amides is 1. The maximum absolute atomic E-state index is 14.1. The molecule has 0 radical (unpaired) electrons. The van der Waals surface area contributed by atoms with Crippen molar-refractivity contribution in [2.24, 2.45) is 7.05 Å². The molecule has 0 aliphatic carbocycles. The summed E-state index contributed by atoms with van der Waals surface area (Å²) in [6.07, 6.45) is 1.12. The van der Waals surface area contributed by atoms with Gasteiger partial charge in [0, 0.05) is 37.3 Å². The Morgan fingerprint density at radius 3 is 2.67 bits per heavy atom. The minimum atomic E-state index is -0.601. The number of alkyl carbamates (subject to hydrolysis) is 1. The fourth-order valence-corrected chi connectivity index (χ4v) is 5.49. The monoisotopic (exact) mass is 571 g/mol. The Labute approximate surface area is 244 Å². The van der Waals surface area contributed by atoms with Gasteiger partial charge in [-0.2, -0.15) is 4.98 Å². The summed E-state index contributed by atoms with van der Waals surface area (Å²) in [6.45, 7) is 10.5. The number of nitrogens with one attached hydrogen (secondary N) is 1. The second kappa shape index (κ2) is 11.4. The van der Waals surface area contributed by atoms with E-state index in [1.807, 2.05) is 62.9 Å². The van der Waals surface area contributed by atoms with Crippen LogP contribution in [0.15, 0.2) is 39.9 Å². The number of piperidine rings is 1. The van der Waals surface area contributed by atoms with Crippen LogP contribution in [0.5, 0.6) is 0 Å². The molecule has 220 valence electrons. The maximum Gasteiger partial charge on any atom is 0.407 e. The molecular formula is C31H37N7O4. The van der Waals surface area contributed by atoms with Crippen molar-refractivity contribution < 1.29 is 9.53 Å². The SMILES string of the molecule is CC#CCn1c(N2CCC[C@H](NC(=O)OC(C)(C)C)C2)nc2c1c(=O)n(Cc1nc(C)cc3ccccc13)c(=O)n2C. The van der Waals surface area contributed by atoms with E-state index in [1.165, 1.54) is 9.13 Å². The summed E-state index contributed by atoms with van der Waals surface area (Å²) in [5.41, 5.74) is 0.525. The van der Waals surface area contributed by atoms with Gasteiger partial charge in [0.25, 0.3) is 5.56 Å². The summed E-state index contributed by atoms with van der Waals surface area (Å²) in [4.78, 5) is 51.6. The van der Waals surface area contributed by atoms with Crippen LogP contribution in [0.4, 0.5) is 10.7 Å². The summed E-state index contributed by atoms with van der Waals surface area (Å²) in [6, 6.07) is 9.62. The highest BCUT2D eigenvalue weighted by Crippen LogP contribution is 2.24. The molecule has 1 amide bonds. The number of hydrogen-bond donors (Lipinski definition) is 1. The highest BCUT2D eigenvalue weighted by atomic mass is 16.6. The Hall–Kier alpha value is -4.59. The van der Waals surface area contributed by atoms with Gasteiger partial charge in [0.2, 0.25) is 5.95 Å². The van der Waals surface area contributed by atoms with Crippen LogP contribution in [0.3, 0.4) is 0 Å². The van der Waals surface area contributed by atoms with Crippen molar-refractivity contribution >= 4 is 34.0 Å². The van der Waals surface area contributed by atoms with Gasteiger partial charge in [0.15, 0.2) is 11.2 Å². The summed E-state index contributed by atoms with van der Waals surface area (Å²) < 4.78 is 9.87. The fourth-order valence-electron chi connectivity index (χ4n) is 5.49. The van der Waals surface area contributed by atoms with Gasteiger partial charge in [-0.1, -0.05) is 30.2 Å². The number of carbonyl (C=O) groups excluding carboxylic acids is 1. The number of pyridine rings is 1. The number of aromatic nitrogens is 5. The Bertz CT molecular complexity index is 1850. The van der Waals surface area contributed by atoms with Gasteiger partial charge in [-0.3, -0.25) is 23.5 Å². The molecule has 3 aromatic heterocycles. The maximum atomic E-state index is 14.1. The molecule has 42 heavy (non-hydrogen) atoms. The molecule has 1 N–H and O–H groups in total. The van der Waals surface area contributed by atoms with Crippen LogP contribution in [-0.4, -0.2) is 54.5 Å². The summed E-state index contributed by atoms with van der Waals surface area (Å²) >= 11 is 0. The molecule has 1 fully saturated rings. The Morgan fingerprint density at radius 1 is 1.17 bits per heavy atom. The molecule has 4 heterocycles. The van der Waals surface area contributed by atoms with Crippen molar-refractivity contribution in [1.29, 1.82) is 0 Å². The van der Waals surface area contributed by atoms with E-state index in [9.17, 15) is 14.4 Å².